The van der Waals surface area contributed by atoms with Crippen molar-refractivity contribution in [3.63, 3.8) is 0 Å². The number of rotatable bonds is 11. The average Bonchev–Trinajstić information content (AvgIpc) is 2.72. The molecule has 200 valence electrons. The number of ether oxygens (including phenoxy) is 3. The predicted molar refractivity (Wildman–Crippen MR) is 119 cm³/mol. The minimum atomic E-state index is -4.27. The summed E-state index contributed by atoms with van der Waals surface area (Å²) in [7, 11) is -11.4. The third-order valence-electron chi connectivity index (χ3n) is 4.39. The van der Waals surface area contributed by atoms with Crippen molar-refractivity contribution in [1.82, 2.24) is 5.32 Å². The first-order valence-corrected chi connectivity index (χ1v) is 15.3. The highest BCUT2D eigenvalue weighted by Gasteiger charge is 2.51. The molecule has 1 heterocycles. The predicted octanol–water partition coefficient (Wildman–Crippen LogP) is -0.681. The number of benzene rings is 1. The van der Waals surface area contributed by atoms with E-state index in [2.05, 4.69) is 9.50 Å². The Hall–Kier alpha value is -1.86. The highest BCUT2D eigenvalue weighted by atomic mass is 32.2. The van der Waals surface area contributed by atoms with Gasteiger partial charge in [0.25, 0.3) is 30.4 Å². The molecule has 0 aliphatic carbocycles. The normalized spacial score (nSPS) is 25.7. The summed E-state index contributed by atoms with van der Waals surface area (Å²) in [6.45, 7) is -0.905. The summed E-state index contributed by atoms with van der Waals surface area (Å²) in [5, 5.41) is 2.34. The molecule has 1 aliphatic rings. The molecule has 1 aromatic carbocycles. The number of methoxy groups -OCH3 is 1. The molecule has 1 saturated heterocycles. The quantitative estimate of drug-likeness (QED) is 0.335. The molecule has 0 unspecified atom stereocenters. The molecule has 1 fully saturated rings. The van der Waals surface area contributed by atoms with Crippen molar-refractivity contribution >= 4 is 36.4 Å². The van der Waals surface area contributed by atoms with Crippen molar-refractivity contribution in [2.24, 2.45) is 0 Å². The standard InChI is InChI=1S/C18H27NO13S3/c1-27-17-14(19-18(20)28-10-12-8-6-5-7-9-12)16(32-35(4,25)26)15(31-34(3,23)24)13(30-17)11-29-33(2,21)22/h5-9,13-17H,10-11H2,1-4H3,(H,19,20)/t13-,14-,15-,16-,17+/m1/s1. The Balaban J connectivity index is 2.36. The molecular weight excluding hydrogens is 534 g/mol. The molecule has 0 saturated carbocycles. The second-order valence-electron chi connectivity index (χ2n) is 7.53. The highest BCUT2D eigenvalue weighted by Crippen LogP contribution is 2.29. The number of hydrogen-bond acceptors (Lipinski definition) is 13. The van der Waals surface area contributed by atoms with Gasteiger partial charge >= 0.3 is 6.09 Å². The van der Waals surface area contributed by atoms with Gasteiger partial charge in [0.1, 0.15) is 31.0 Å². The fourth-order valence-electron chi connectivity index (χ4n) is 3.12. The van der Waals surface area contributed by atoms with Crippen molar-refractivity contribution < 1.29 is 56.8 Å². The van der Waals surface area contributed by atoms with Crippen LogP contribution in [-0.4, -0.2) is 94.5 Å². The van der Waals surface area contributed by atoms with Gasteiger partial charge in [0, 0.05) is 7.11 Å². The van der Waals surface area contributed by atoms with Gasteiger partial charge in [0.05, 0.1) is 25.4 Å². The number of hydrogen-bond donors (Lipinski definition) is 1. The molecule has 35 heavy (non-hydrogen) atoms. The molecule has 0 spiro atoms. The zero-order valence-corrected chi connectivity index (χ0v) is 21.7. The van der Waals surface area contributed by atoms with E-state index >= 15 is 0 Å². The van der Waals surface area contributed by atoms with E-state index in [0.717, 1.165) is 13.4 Å². The smallest absolute Gasteiger partial charge is 0.407 e. The molecule has 1 amide bonds. The lowest BCUT2D eigenvalue weighted by Crippen LogP contribution is -2.66. The Morgan fingerprint density at radius 1 is 0.914 bits per heavy atom. The van der Waals surface area contributed by atoms with Crippen molar-refractivity contribution in [1.29, 1.82) is 0 Å². The Labute approximate surface area is 204 Å². The Morgan fingerprint density at radius 3 is 2.00 bits per heavy atom. The second-order valence-corrected chi connectivity index (χ2v) is 12.4. The molecule has 5 atom stereocenters. The lowest BCUT2D eigenvalue weighted by Gasteiger charge is -2.44. The van der Waals surface area contributed by atoms with Gasteiger partial charge in [-0.15, -0.1) is 0 Å². The summed E-state index contributed by atoms with van der Waals surface area (Å²) >= 11 is 0. The van der Waals surface area contributed by atoms with Crippen LogP contribution in [0.4, 0.5) is 4.79 Å². The van der Waals surface area contributed by atoms with Gasteiger partial charge < -0.3 is 19.5 Å². The molecule has 17 heteroatoms. The maximum absolute atomic E-state index is 12.5. The van der Waals surface area contributed by atoms with E-state index in [1.165, 1.54) is 0 Å². The van der Waals surface area contributed by atoms with Gasteiger partial charge in [0.15, 0.2) is 6.29 Å². The summed E-state index contributed by atoms with van der Waals surface area (Å²) in [5.41, 5.74) is 0.658. The topological polar surface area (TPSA) is 187 Å². The Kier molecular flexibility index (Phi) is 10.0. The van der Waals surface area contributed by atoms with E-state index in [1.54, 1.807) is 30.3 Å². The fourth-order valence-corrected chi connectivity index (χ4v) is 4.77. The second kappa shape index (κ2) is 11.9. The molecule has 0 bridgehead atoms. The van der Waals surface area contributed by atoms with Crippen LogP contribution in [-0.2, 0) is 63.7 Å². The van der Waals surface area contributed by atoms with E-state index < -0.39 is 73.7 Å². The van der Waals surface area contributed by atoms with Crippen LogP contribution in [0.25, 0.3) is 0 Å². The zero-order chi connectivity index (χ0) is 26.4. The molecule has 14 nitrogen and oxygen atoms in total. The lowest BCUT2D eigenvalue weighted by molar-refractivity contribution is -0.250. The summed E-state index contributed by atoms with van der Waals surface area (Å²) in [6, 6.07) is 7.16. The summed E-state index contributed by atoms with van der Waals surface area (Å²) in [6.07, 6.45) is -5.40. The minimum absolute atomic E-state index is 0.135. The maximum Gasteiger partial charge on any atom is 0.407 e. The van der Waals surface area contributed by atoms with Crippen LogP contribution in [0.1, 0.15) is 5.56 Å². The summed E-state index contributed by atoms with van der Waals surface area (Å²) < 4.78 is 101. The molecule has 0 radical (unpaired) electrons. The first kappa shape index (κ1) is 29.4. The number of amides is 1. The van der Waals surface area contributed by atoms with Gasteiger partial charge in [-0.2, -0.15) is 25.3 Å². The average molecular weight is 562 g/mol. The van der Waals surface area contributed by atoms with E-state index in [9.17, 15) is 30.0 Å². The molecule has 2 rings (SSSR count). The molecule has 0 aromatic heterocycles. The molecule has 1 aliphatic heterocycles. The van der Waals surface area contributed by atoms with E-state index in [1.807, 2.05) is 0 Å². The number of nitrogens with one attached hydrogen (secondary N) is 1. The van der Waals surface area contributed by atoms with Gasteiger partial charge in [-0.3, -0.25) is 12.5 Å². The monoisotopic (exact) mass is 561 g/mol. The molecule has 1 aromatic rings. The molecular formula is C18H27NO13S3. The fraction of sp³-hybridized carbons (Fsp3) is 0.611. The summed E-state index contributed by atoms with van der Waals surface area (Å²) in [4.78, 5) is 12.5. The van der Waals surface area contributed by atoms with E-state index in [4.69, 9.17) is 22.6 Å². The van der Waals surface area contributed by atoms with Crippen molar-refractivity contribution in [2.75, 3.05) is 32.5 Å². The first-order valence-electron chi connectivity index (χ1n) is 9.84. The number of carbonyl (C=O) groups excluding carboxylic acids is 1. The Bertz CT molecular complexity index is 1170. The van der Waals surface area contributed by atoms with E-state index in [0.29, 0.717) is 18.1 Å². The van der Waals surface area contributed by atoms with Gasteiger partial charge in [-0.05, 0) is 5.56 Å². The lowest BCUT2D eigenvalue weighted by atomic mass is 9.97. The third kappa shape index (κ3) is 10.3. The van der Waals surface area contributed by atoms with Gasteiger partial charge in [-0.25, -0.2) is 4.79 Å². The van der Waals surface area contributed by atoms with Gasteiger partial charge in [0.2, 0.25) is 0 Å². The first-order chi connectivity index (χ1) is 16.1. The zero-order valence-electron chi connectivity index (χ0n) is 19.2. The van der Waals surface area contributed by atoms with Crippen molar-refractivity contribution in [3.05, 3.63) is 35.9 Å². The number of alkyl carbamates (subject to hydrolysis) is 1. The minimum Gasteiger partial charge on any atom is -0.445 e. The van der Waals surface area contributed by atoms with Crippen LogP contribution in [0.3, 0.4) is 0 Å². The van der Waals surface area contributed by atoms with Gasteiger partial charge in [-0.1, -0.05) is 30.3 Å². The number of carbonyl (C=O) groups is 1. The van der Waals surface area contributed by atoms with Crippen molar-refractivity contribution in [2.45, 2.75) is 37.3 Å². The Morgan fingerprint density at radius 2 is 1.49 bits per heavy atom. The van der Waals surface area contributed by atoms with Crippen molar-refractivity contribution in [3.8, 4) is 0 Å². The van der Waals surface area contributed by atoms with Crippen LogP contribution in [0.2, 0.25) is 0 Å². The van der Waals surface area contributed by atoms with Crippen LogP contribution >= 0.6 is 0 Å². The SMILES string of the molecule is CO[C@H]1O[C@H](COS(C)(=O)=O)[C@@H](OS(C)(=O)=O)[C@H](OS(C)(=O)=O)[C@H]1NC(=O)OCc1ccccc1. The highest BCUT2D eigenvalue weighted by molar-refractivity contribution is 7.86. The molecule has 1 N–H and O–H groups in total. The summed E-state index contributed by atoms with van der Waals surface area (Å²) in [5.74, 6) is 0. The third-order valence-corrected chi connectivity index (χ3v) is 6.10. The van der Waals surface area contributed by atoms with Crippen LogP contribution in [0.5, 0.6) is 0 Å². The van der Waals surface area contributed by atoms with E-state index in [-0.39, 0.29) is 6.61 Å². The van der Waals surface area contributed by atoms with Crippen LogP contribution in [0.15, 0.2) is 30.3 Å². The van der Waals surface area contributed by atoms with Crippen LogP contribution in [0, 0.1) is 0 Å². The largest absolute Gasteiger partial charge is 0.445 e. The maximum atomic E-state index is 12.5. The van der Waals surface area contributed by atoms with Crippen LogP contribution < -0.4 is 5.32 Å².